The van der Waals surface area contributed by atoms with Crippen LogP contribution in [0.3, 0.4) is 0 Å². The Morgan fingerprint density at radius 2 is 1.72 bits per heavy atom. The van der Waals surface area contributed by atoms with Gasteiger partial charge < -0.3 is 10.6 Å². The summed E-state index contributed by atoms with van der Waals surface area (Å²) in [5, 5.41) is 16.8. The molecule has 9 nitrogen and oxygen atoms in total. The molecule has 0 saturated heterocycles. The third-order valence-electron chi connectivity index (χ3n) is 5.51. The van der Waals surface area contributed by atoms with E-state index in [-0.39, 0.29) is 30.2 Å². The number of benzene rings is 3. The molecule has 4 aromatic rings. The molecule has 3 aromatic carbocycles. The first-order chi connectivity index (χ1) is 17.4. The maximum atomic E-state index is 13.2. The zero-order valence-corrected chi connectivity index (χ0v) is 20.1. The number of amides is 2. The molecule has 4 rings (SSSR count). The fourth-order valence-electron chi connectivity index (χ4n) is 3.59. The molecule has 0 fully saturated rings. The molecule has 0 spiro atoms. The highest BCUT2D eigenvalue weighted by Crippen LogP contribution is 2.19. The number of rotatable bonds is 9. The molecule has 0 aliphatic carbocycles. The average molecular weight is 503 g/mol. The topological polar surface area (TPSA) is 119 Å². The van der Waals surface area contributed by atoms with Crippen molar-refractivity contribution in [1.82, 2.24) is 30.8 Å². The van der Waals surface area contributed by atoms with E-state index in [1.54, 1.807) is 24.3 Å². The molecule has 0 bridgehead atoms. The number of hydrogen-bond donors (Lipinski definition) is 2. The zero-order valence-electron chi connectivity index (χ0n) is 19.4. The number of halogens is 1. The van der Waals surface area contributed by atoms with Gasteiger partial charge in [-0.15, -0.1) is 5.10 Å². The van der Waals surface area contributed by atoms with Crippen LogP contribution in [0.15, 0.2) is 79.1 Å². The lowest BCUT2D eigenvalue weighted by Gasteiger charge is -2.19. The lowest BCUT2D eigenvalue weighted by molar-refractivity contribution is -0.119. The van der Waals surface area contributed by atoms with Gasteiger partial charge in [0.25, 0.3) is 11.8 Å². The quantitative estimate of drug-likeness (QED) is 0.363. The van der Waals surface area contributed by atoms with Crippen LogP contribution in [0, 0.1) is 6.92 Å². The van der Waals surface area contributed by atoms with Crippen molar-refractivity contribution in [2.24, 2.45) is 0 Å². The lowest BCUT2D eigenvalue weighted by Crippen LogP contribution is -2.46. The molecule has 0 saturated carbocycles. The second-order valence-corrected chi connectivity index (χ2v) is 8.58. The minimum atomic E-state index is -0.847. The second kappa shape index (κ2) is 11.4. The smallest absolute Gasteiger partial charge is 0.253 e. The van der Waals surface area contributed by atoms with Crippen LogP contribution < -0.4 is 10.6 Å². The first-order valence-electron chi connectivity index (χ1n) is 11.2. The first kappa shape index (κ1) is 24.7. The average Bonchev–Trinajstić information content (AvgIpc) is 3.42. The fourth-order valence-corrected chi connectivity index (χ4v) is 3.76. The summed E-state index contributed by atoms with van der Waals surface area (Å²) in [5.41, 5.74) is 2.95. The van der Waals surface area contributed by atoms with Crippen molar-refractivity contribution < 1.29 is 14.4 Å². The Bertz CT molecular complexity index is 1360. The number of carbonyl (C=O) groups is 3. The van der Waals surface area contributed by atoms with Crippen LogP contribution in [0.1, 0.15) is 31.8 Å². The minimum absolute atomic E-state index is 0.200. The van der Waals surface area contributed by atoms with Gasteiger partial charge in [0.05, 0.1) is 23.8 Å². The van der Waals surface area contributed by atoms with Crippen LogP contribution in [-0.4, -0.2) is 50.4 Å². The summed E-state index contributed by atoms with van der Waals surface area (Å²) in [5.74, 6) is -1.25. The van der Waals surface area contributed by atoms with Crippen molar-refractivity contribution in [3.05, 3.63) is 106 Å². The Labute approximate surface area is 212 Å². The zero-order chi connectivity index (χ0) is 25.5. The Balaban J connectivity index is 1.49. The Kier molecular flexibility index (Phi) is 7.82. The molecule has 1 heterocycles. The van der Waals surface area contributed by atoms with Crippen molar-refractivity contribution in [1.29, 1.82) is 0 Å². The number of aryl methyl sites for hydroxylation is 1. The van der Waals surface area contributed by atoms with E-state index in [0.29, 0.717) is 16.3 Å². The van der Waals surface area contributed by atoms with E-state index in [9.17, 15) is 14.4 Å². The first-order valence-corrected chi connectivity index (χ1v) is 11.5. The van der Waals surface area contributed by atoms with E-state index in [4.69, 9.17) is 11.6 Å². The van der Waals surface area contributed by atoms with E-state index in [0.717, 1.165) is 11.1 Å². The standard InChI is InChI=1S/C26H23ClN6O3/c1-17-7-9-19(10-8-17)25(35)30-22(13-18-5-3-2-4-6-18)24(34)15-28-26(36)21-14-20(27)11-12-23(21)33-16-29-31-32-33/h2-12,14,16,22H,13,15H2,1H3,(H,28,36)(H,30,35)/t22-/m0/s1. The third-order valence-corrected chi connectivity index (χ3v) is 5.75. The SMILES string of the molecule is Cc1ccc(C(=O)N[C@@H](Cc2ccccc2)C(=O)CNC(=O)c2cc(Cl)ccc2-n2cnnn2)cc1. The molecule has 2 amide bonds. The van der Waals surface area contributed by atoms with E-state index in [1.165, 1.54) is 17.1 Å². The number of carbonyl (C=O) groups excluding carboxylic acids is 3. The van der Waals surface area contributed by atoms with Gasteiger partial charge in [0.2, 0.25) is 0 Å². The molecule has 1 atom stereocenters. The molecule has 0 aliphatic rings. The highest BCUT2D eigenvalue weighted by molar-refractivity contribution is 6.31. The van der Waals surface area contributed by atoms with Crippen LogP contribution in [-0.2, 0) is 11.2 Å². The number of Topliss-reactive ketones (excluding diaryl/α,β-unsaturated/α-hetero) is 1. The fraction of sp³-hybridized carbons (Fsp3) is 0.154. The van der Waals surface area contributed by atoms with Crippen molar-refractivity contribution >= 4 is 29.2 Å². The van der Waals surface area contributed by atoms with Gasteiger partial charge in [-0.3, -0.25) is 14.4 Å². The molecular formula is C26H23ClN6O3. The van der Waals surface area contributed by atoms with Gasteiger partial charge in [0, 0.05) is 10.6 Å². The van der Waals surface area contributed by atoms with Crippen LogP contribution in [0.4, 0.5) is 0 Å². The van der Waals surface area contributed by atoms with Crippen LogP contribution in [0.2, 0.25) is 5.02 Å². The summed E-state index contributed by atoms with van der Waals surface area (Å²) >= 11 is 6.10. The van der Waals surface area contributed by atoms with Gasteiger partial charge in [0.15, 0.2) is 5.78 Å². The second-order valence-electron chi connectivity index (χ2n) is 8.15. The van der Waals surface area contributed by atoms with Crippen LogP contribution >= 0.6 is 11.6 Å². The summed E-state index contributed by atoms with van der Waals surface area (Å²) < 4.78 is 1.33. The highest BCUT2D eigenvalue weighted by Gasteiger charge is 2.23. The predicted molar refractivity (Wildman–Crippen MR) is 134 cm³/mol. The maximum absolute atomic E-state index is 13.2. The van der Waals surface area contributed by atoms with Crippen molar-refractivity contribution in [3.63, 3.8) is 0 Å². The monoisotopic (exact) mass is 502 g/mol. The van der Waals surface area contributed by atoms with Gasteiger partial charge in [0.1, 0.15) is 6.33 Å². The van der Waals surface area contributed by atoms with E-state index in [2.05, 4.69) is 26.2 Å². The van der Waals surface area contributed by atoms with E-state index in [1.807, 2.05) is 49.4 Å². The number of ketones is 1. The number of nitrogens with one attached hydrogen (secondary N) is 2. The van der Waals surface area contributed by atoms with Crippen molar-refractivity contribution in [2.45, 2.75) is 19.4 Å². The minimum Gasteiger partial charge on any atom is -0.345 e. The molecule has 1 aromatic heterocycles. The van der Waals surface area contributed by atoms with Crippen molar-refractivity contribution in [2.75, 3.05) is 6.54 Å². The molecule has 10 heteroatoms. The Morgan fingerprint density at radius 1 is 0.972 bits per heavy atom. The Morgan fingerprint density at radius 3 is 2.42 bits per heavy atom. The highest BCUT2D eigenvalue weighted by atomic mass is 35.5. The van der Waals surface area contributed by atoms with Crippen molar-refractivity contribution in [3.8, 4) is 5.69 Å². The van der Waals surface area contributed by atoms with Crippen LogP contribution in [0.5, 0.6) is 0 Å². The summed E-state index contributed by atoms with van der Waals surface area (Å²) in [7, 11) is 0. The van der Waals surface area contributed by atoms with Gasteiger partial charge in [-0.05, 0) is 59.7 Å². The molecule has 2 N–H and O–H groups in total. The summed E-state index contributed by atoms with van der Waals surface area (Å²) in [4.78, 5) is 39.0. The number of nitrogens with zero attached hydrogens (tertiary/aromatic N) is 4. The summed E-state index contributed by atoms with van der Waals surface area (Å²) in [6, 6.07) is 20.3. The Hall–Kier alpha value is -4.37. The number of aromatic nitrogens is 4. The largest absolute Gasteiger partial charge is 0.345 e. The predicted octanol–water partition coefficient (Wildman–Crippen LogP) is 2.96. The maximum Gasteiger partial charge on any atom is 0.253 e. The van der Waals surface area contributed by atoms with Gasteiger partial charge in [-0.1, -0.05) is 59.6 Å². The molecule has 182 valence electrons. The molecular weight excluding hydrogens is 480 g/mol. The van der Waals surface area contributed by atoms with E-state index >= 15 is 0 Å². The molecule has 0 unspecified atom stereocenters. The van der Waals surface area contributed by atoms with Crippen LogP contribution in [0.25, 0.3) is 5.69 Å². The molecule has 36 heavy (non-hydrogen) atoms. The summed E-state index contributed by atoms with van der Waals surface area (Å²) in [6.07, 6.45) is 1.63. The summed E-state index contributed by atoms with van der Waals surface area (Å²) in [6.45, 7) is 1.63. The van der Waals surface area contributed by atoms with E-state index < -0.39 is 11.9 Å². The number of tetrazole rings is 1. The third kappa shape index (κ3) is 6.19. The lowest BCUT2D eigenvalue weighted by atomic mass is 10.0. The van der Waals surface area contributed by atoms with Gasteiger partial charge in [-0.2, -0.15) is 4.68 Å². The normalized spacial score (nSPS) is 11.5. The number of hydrogen-bond acceptors (Lipinski definition) is 6. The van der Waals surface area contributed by atoms with Gasteiger partial charge in [-0.25, -0.2) is 0 Å². The molecule has 0 radical (unpaired) electrons. The van der Waals surface area contributed by atoms with Gasteiger partial charge >= 0.3 is 0 Å². The molecule has 0 aliphatic heterocycles.